The van der Waals surface area contributed by atoms with Crippen LogP contribution in [0.2, 0.25) is 0 Å². The van der Waals surface area contributed by atoms with Crippen molar-refractivity contribution in [2.75, 3.05) is 0 Å². The molecule has 3 rings (SSSR count). The van der Waals surface area contributed by atoms with E-state index in [1.165, 1.54) is 0 Å². The molecule has 0 amide bonds. The van der Waals surface area contributed by atoms with E-state index >= 15 is 0 Å². The minimum atomic E-state index is -0.832. The van der Waals surface area contributed by atoms with Crippen LogP contribution < -0.4 is 0 Å². The van der Waals surface area contributed by atoms with E-state index in [1.807, 2.05) is 30.3 Å². The fraction of sp³-hybridized carbons (Fsp3) is 0.500. The van der Waals surface area contributed by atoms with Crippen molar-refractivity contribution >= 4 is 0 Å². The molecule has 1 aliphatic carbocycles. The van der Waals surface area contributed by atoms with E-state index in [-0.39, 0.29) is 5.41 Å². The Labute approximate surface area is 119 Å². The number of benzene rings is 1. The van der Waals surface area contributed by atoms with Crippen molar-refractivity contribution in [3.05, 3.63) is 42.2 Å². The van der Waals surface area contributed by atoms with E-state index < -0.39 is 5.60 Å². The third-order valence-electron chi connectivity index (χ3n) is 4.24. The summed E-state index contributed by atoms with van der Waals surface area (Å²) in [6.45, 7) is 4.43. The van der Waals surface area contributed by atoms with E-state index in [2.05, 4.69) is 24.2 Å². The molecule has 0 radical (unpaired) electrons. The Bertz CT molecular complexity index is 591. The van der Waals surface area contributed by atoms with Crippen molar-refractivity contribution < 1.29 is 5.11 Å². The first-order valence-corrected chi connectivity index (χ1v) is 7.19. The summed E-state index contributed by atoms with van der Waals surface area (Å²) in [6, 6.07) is 9.87. The van der Waals surface area contributed by atoms with Crippen LogP contribution in [-0.2, 0) is 5.60 Å². The minimum absolute atomic E-state index is 0.152. The Morgan fingerprint density at radius 1 is 1.15 bits per heavy atom. The molecule has 4 nitrogen and oxygen atoms in total. The molecule has 0 bridgehead atoms. The number of rotatable bonds is 2. The maximum atomic E-state index is 11.1. The molecule has 0 saturated heterocycles. The van der Waals surface area contributed by atoms with Crippen molar-refractivity contribution in [1.29, 1.82) is 0 Å². The van der Waals surface area contributed by atoms with Gasteiger partial charge in [0.2, 0.25) is 0 Å². The molecule has 1 aromatic heterocycles. The van der Waals surface area contributed by atoms with Crippen molar-refractivity contribution in [2.24, 2.45) is 5.41 Å². The van der Waals surface area contributed by atoms with Gasteiger partial charge >= 0.3 is 0 Å². The largest absolute Gasteiger partial charge is 0.383 e. The van der Waals surface area contributed by atoms with Crippen molar-refractivity contribution in [3.8, 4) is 5.69 Å². The molecule has 1 aromatic carbocycles. The fourth-order valence-corrected chi connectivity index (χ4v) is 3.36. The third kappa shape index (κ3) is 2.36. The SMILES string of the molecule is CC1(C)CCCC(O)(c2cnnn2-c2ccccc2)C1. The van der Waals surface area contributed by atoms with Crippen LogP contribution in [0.5, 0.6) is 0 Å². The van der Waals surface area contributed by atoms with Crippen LogP contribution in [0.4, 0.5) is 0 Å². The monoisotopic (exact) mass is 271 g/mol. The Balaban J connectivity index is 2.01. The number of hydrogen-bond acceptors (Lipinski definition) is 3. The van der Waals surface area contributed by atoms with Crippen LogP contribution in [0, 0.1) is 5.41 Å². The predicted molar refractivity (Wildman–Crippen MR) is 77.5 cm³/mol. The zero-order chi connectivity index (χ0) is 14.2. The second-order valence-electron chi connectivity index (χ2n) is 6.59. The Morgan fingerprint density at radius 2 is 1.90 bits per heavy atom. The molecule has 1 saturated carbocycles. The summed E-state index contributed by atoms with van der Waals surface area (Å²) in [5.41, 5.74) is 1.06. The standard InChI is InChI=1S/C16H21N3O/c1-15(2)9-6-10-16(20,12-15)14-11-17-18-19(14)13-7-4-3-5-8-13/h3-5,7-8,11,20H,6,9-10,12H2,1-2H3. The normalized spacial score (nSPS) is 25.6. The summed E-state index contributed by atoms with van der Waals surface area (Å²) in [5, 5.41) is 19.3. The zero-order valence-corrected chi connectivity index (χ0v) is 12.1. The quantitative estimate of drug-likeness (QED) is 0.913. The highest BCUT2D eigenvalue weighted by Crippen LogP contribution is 2.46. The Morgan fingerprint density at radius 3 is 2.60 bits per heavy atom. The van der Waals surface area contributed by atoms with E-state index in [0.29, 0.717) is 0 Å². The molecule has 1 unspecified atom stereocenters. The molecule has 2 aromatic rings. The van der Waals surface area contributed by atoms with Gasteiger partial charge in [0.25, 0.3) is 0 Å². The first-order chi connectivity index (χ1) is 9.50. The molecular weight excluding hydrogens is 250 g/mol. The fourth-order valence-electron chi connectivity index (χ4n) is 3.36. The van der Waals surface area contributed by atoms with Crippen LogP contribution in [0.3, 0.4) is 0 Å². The van der Waals surface area contributed by atoms with Gasteiger partial charge in [-0.25, -0.2) is 4.68 Å². The summed E-state index contributed by atoms with van der Waals surface area (Å²) in [6.07, 6.45) is 5.41. The van der Waals surface area contributed by atoms with Crippen molar-refractivity contribution in [2.45, 2.75) is 45.1 Å². The van der Waals surface area contributed by atoms with Gasteiger partial charge in [0.15, 0.2) is 0 Å². The zero-order valence-electron chi connectivity index (χ0n) is 12.1. The maximum absolute atomic E-state index is 11.1. The third-order valence-corrected chi connectivity index (χ3v) is 4.24. The van der Waals surface area contributed by atoms with Crippen LogP contribution in [0.25, 0.3) is 5.69 Å². The average molecular weight is 271 g/mol. The molecular formula is C16H21N3O. The molecule has 1 heterocycles. The van der Waals surface area contributed by atoms with E-state index in [1.54, 1.807) is 10.9 Å². The maximum Gasteiger partial charge on any atom is 0.109 e. The average Bonchev–Trinajstić information content (AvgIpc) is 2.88. The summed E-state index contributed by atoms with van der Waals surface area (Å²) in [7, 11) is 0. The highest BCUT2D eigenvalue weighted by atomic mass is 16.3. The first kappa shape index (κ1) is 13.3. The smallest absolute Gasteiger partial charge is 0.109 e. The van der Waals surface area contributed by atoms with Gasteiger partial charge < -0.3 is 5.11 Å². The second kappa shape index (κ2) is 4.70. The van der Waals surface area contributed by atoms with E-state index in [4.69, 9.17) is 0 Å². The molecule has 1 fully saturated rings. The number of aliphatic hydroxyl groups is 1. The summed E-state index contributed by atoms with van der Waals surface area (Å²) in [4.78, 5) is 0. The van der Waals surface area contributed by atoms with Gasteiger partial charge in [0.05, 0.1) is 17.6 Å². The van der Waals surface area contributed by atoms with Gasteiger partial charge in [0.1, 0.15) is 5.60 Å². The molecule has 106 valence electrons. The van der Waals surface area contributed by atoms with E-state index in [9.17, 15) is 5.11 Å². The molecule has 20 heavy (non-hydrogen) atoms. The molecule has 1 atom stereocenters. The number of para-hydroxylation sites is 1. The number of hydrogen-bond donors (Lipinski definition) is 1. The van der Waals surface area contributed by atoms with Crippen LogP contribution in [0.1, 0.15) is 45.2 Å². The highest BCUT2D eigenvalue weighted by molar-refractivity contribution is 5.33. The lowest BCUT2D eigenvalue weighted by molar-refractivity contribution is -0.0490. The Kier molecular flexibility index (Phi) is 3.13. The predicted octanol–water partition coefficient (Wildman–Crippen LogP) is 3.06. The summed E-state index contributed by atoms with van der Waals surface area (Å²) in [5.74, 6) is 0. The van der Waals surface area contributed by atoms with Crippen molar-refractivity contribution in [3.63, 3.8) is 0 Å². The molecule has 1 aliphatic rings. The summed E-state index contributed by atoms with van der Waals surface area (Å²) < 4.78 is 1.77. The van der Waals surface area contributed by atoms with Crippen LogP contribution >= 0.6 is 0 Å². The van der Waals surface area contributed by atoms with E-state index in [0.717, 1.165) is 37.1 Å². The number of aromatic nitrogens is 3. The van der Waals surface area contributed by atoms with Gasteiger partial charge in [-0.3, -0.25) is 0 Å². The topological polar surface area (TPSA) is 50.9 Å². The van der Waals surface area contributed by atoms with Crippen LogP contribution in [0.15, 0.2) is 36.5 Å². The van der Waals surface area contributed by atoms with Gasteiger partial charge in [-0.15, -0.1) is 5.10 Å². The second-order valence-corrected chi connectivity index (χ2v) is 6.59. The van der Waals surface area contributed by atoms with Gasteiger partial charge in [-0.05, 0) is 43.2 Å². The molecule has 1 N–H and O–H groups in total. The molecule has 4 heteroatoms. The lowest BCUT2D eigenvalue weighted by atomic mass is 9.69. The van der Waals surface area contributed by atoms with Crippen LogP contribution in [-0.4, -0.2) is 20.1 Å². The lowest BCUT2D eigenvalue weighted by Gasteiger charge is -2.41. The minimum Gasteiger partial charge on any atom is -0.383 e. The molecule has 0 spiro atoms. The lowest BCUT2D eigenvalue weighted by Crippen LogP contribution is -2.38. The summed E-state index contributed by atoms with van der Waals surface area (Å²) >= 11 is 0. The van der Waals surface area contributed by atoms with Gasteiger partial charge in [0, 0.05) is 0 Å². The highest BCUT2D eigenvalue weighted by Gasteiger charge is 2.42. The number of nitrogens with zero attached hydrogens (tertiary/aromatic N) is 3. The van der Waals surface area contributed by atoms with Crippen molar-refractivity contribution in [1.82, 2.24) is 15.0 Å². The van der Waals surface area contributed by atoms with Gasteiger partial charge in [-0.1, -0.05) is 37.3 Å². The Hall–Kier alpha value is -1.68. The first-order valence-electron chi connectivity index (χ1n) is 7.19. The molecule has 0 aliphatic heterocycles. The van der Waals surface area contributed by atoms with Gasteiger partial charge in [-0.2, -0.15) is 0 Å².